The molecule has 2 amide bonds. The van der Waals surface area contributed by atoms with Crippen molar-refractivity contribution < 1.29 is 4.79 Å². The summed E-state index contributed by atoms with van der Waals surface area (Å²) >= 11 is 7.97. The molecule has 0 spiro atoms. The number of aromatic nitrogens is 2. The highest BCUT2D eigenvalue weighted by Gasteiger charge is 2.14. The van der Waals surface area contributed by atoms with E-state index in [1.165, 1.54) is 17.7 Å². The van der Waals surface area contributed by atoms with Crippen LogP contribution in [0.2, 0.25) is 5.02 Å². The van der Waals surface area contributed by atoms with Crippen molar-refractivity contribution in [3.63, 3.8) is 0 Å². The lowest BCUT2D eigenvalue weighted by atomic mass is 10.1. The molecule has 0 aliphatic rings. The molecule has 0 bridgehead atoms. The molecule has 4 rings (SSSR count). The molecule has 0 fully saturated rings. The summed E-state index contributed by atoms with van der Waals surface area (Å²) in [5, 5.41) is 8.82. The lowest BCUT2D eigenvalue weighted by molar-refractivity contribution is 0.262. The molecule has 0 atom stereocenters. The first kappa shape index (κ1) is 18.2. The van der Waals surface area contributed by atoms with E-state index < -0.39 is 0 Å². The van der Waals surface area contributed by atoms with Crippen molar-refractivity contribution in [3.05, 3.63) is 64.8 Å². The Bertz CT molecular complexity index is 1190. The maximum absolute atomic E-state index is 12.2. The van der Waals surface area contributed by atoms with E-state index >= 15 is 0 Å². The number of nitrogens with two attached hydrogens (primary N) is 1. The zero-order chi connectivity index (χ0) is 19.7. The van der Waals surface area contributed by atoms with E-state index in [9.17, 15) is 4.79 Å². The number of urea groups is 1. The molecule has 0 aliphatic carbocycles. The van der Waals surface area contributed by atoms with Crippen LogP contribution in [0.1, 0.15) is 5.56 Å². The zero-order valence-electron chi connectivity index (χ0n) is 14.9. The average Bonchev–Trinajstić information content (AvgIpc) is 3.07. The molecule has 0 radical (unpaired) electrons. The second-order valence-electron chi connectivity index (χ2n) is 6.23. The summed E-state index contributed by atoms with van der Waals surface area (Å²) in [5.41, 5.74) is 10.1. The van der Waals surface area contributed by atoms with Crippen LogP contribution in [0, 0.1) is 6.92 Å². The lowest BCUT2D eigenvalue weighted by Crippen LogP contribution is -2.19. The highest BCUT2D eigenvalue weighted by molar-refractivity contribution is 7.17. The van der Waals surface area contributed by atoms with Crippen LogP contribution >= 0.6 is 22.9 Å². The van der Waals surface area contributed by atoms with Gasteiger partial charge in [-0.1, -0.05) is 29.8 Å². The predicted octanol–water partition coefficient (Wildman–Crippen LogP) is 5.55. The maximum Gasteiger partial charge on any atom is 0.323 e. The van der Waals surface area contributed by atoms with Gasteiger partial charge in [0.25, 0.3) is 0 Å². The summed E-state index contributed by atoms with van der Waals surface area (Å²) in [6, 6.07) is 12.6. The molecule has 0 aliphatic heterocycles. The lowest BCUT2D eigenvalue weighted by Gasteiger charge is -2.10. The molecule has 0 unspecified atom stereocenters. The molecule has 8 heteroatoms. The molecule has 6 nitrogen and oxygen atoms in total. The molecule has 0 saturated carbocycles. The van der Waals surface area contributed by atoms with Crippen LogP contribution in [-0.4, -0.2) is 16.0 Å². The van der Waals surface area contributed by atoms with Crippen molar-refractivity contribution in [2.75, 3.05) is 16.4 Å². The summed E-state index contributed by atoms with van der Waals surface area (Å²) in [6.45, 7) is 1.97. The van der Waals surface area contributed by atoms with E-state index in [2.05, 4.69) is 20.6 Å². The number of anilines is 3. The van der Waals surface area contributed by atoms with Crippen molar-refractivity contribution in [3.8, 4) is 11.1 Å². The number of carbonyl (C=O) groups excluding carboxylic acids is 1. The van der Waals surface area contributed by atoms with E-state index in [1.54, 1.807) is 12.1 Å². The Hall–Kier alpha value is -3.16. The number of amides is 2. The first-order valence-corrected chi connectivity index (χ1v) is 9.69. The van der Waals surface area contributed by atoms with Crippen LogP contribution in [0.3, 0.4) is 0 Å². The number of hydrogen-bond donors (Lipinski definition) is 3. The van der Waals surface area contributed by atoms with Gasteiger partial charge in [0.1, 0.15) is 17.0 Å². The van der Waals surface area contributed by atoms with Crippen molar-refractivity contribution in [1.29, 1.82) is 0 Å². The fraction of sp³-hybridized carbons (Fsp3) is 0.0500. The summed E-state index contributed by atoms with van der Waals surface area (Å²) in [4.78, 5) is 21.3. The number of nitrogens with zero attached hydrogens (tertiary/aromatic N) is 2. The van der Waals surface area contributed by atoms with Gasteiger partial charge in [0, 0.05) is 27.9 Å². The number of halogens is 1. The van der Waals surface area contributed by atoms with Gasteiger partial charge in [-0.3, -0.25) is 0 Å². The van der Waals surface area contributed by atoms with Gasteiger partial charge in [0.05, 0.1) is 10.4 Å². The topological polar surface area (TPSA) is 92.9 Å². The normalized spacial score (nSPS) is 10.8. The number of nitrogens with one attached hydrogen (secondary N) is 2. The molecule has 28 heavy (non-hydrogen) atoms. The highest BCUT2D eigenvalue weighted by Crippen LogP contribution is 2.39. The van der Waals surface area contributed by atoms with Crippen LogP contribution in [0.15, 0.2) is 54.2 Å². The minimum Gasteiger partial charge on any atom is -0.383 e. The van der Waals surface area contributed by atoms with E-state index in [0.717, 1.165) is 32.6 Å². The smallest absolute Gasteiger partial charge is 0.323 e. The van der Waals surface area contributed by atoms with E-state index in [4.69, 9.17) is 17.3 Å². The first-order chi connectivity index (χ1) is 13.5. The third-order valence-corrected chi connectivity index (χ3v) is 5.39. The molecular formula is C20H16ClN5OS. The fourth-order valence-electron chi connectivity index (χ4n) is 2.92. The Labute approximate surface area is 170 Å². The maximum atomic E-state index is 12.2. The highest BCUT2D eigenvalue weighted by atomic mass is 35.5. The van der Waals surface area contributed by atoms with Gasteiger partial charge in [-0.25, -0.2) is 14.8 Å². The molecule has 4 N–H and O–H groups in total. The van der Waals surface area contributed by atoms with Crippen molar-refractivity contribution >= 4 is 56.4 Å². The van der Waals surface area contributed by atoms with E-state index in [-0.39, 0.29) is 6.03 Å². The second-order valence-corrected chi connectivity index (χ2v) is 7.50. The van der Waals surface area contributed by atoms with E-state index in [1.807, 2.05) is 42.6 Å². The molecule has 0 saturated heterocycles. The molecule has 4 aromatic rings. The van der Waals surface area contributed by atoms with Crippen molar-refractivity contribution in [2.45, 2.75) is 6.92 Å². The van der Waals surface area contributed by atoms with Gasteiger partial charge in [-0.2, -0.15) is 0 Å². The standard InChI is InChI=1S/C20H16ClN5OS/c1-11-3-2-4-12(7-11)25-20(27)26-13-5-6-14(16(21)8-13)15-9-28-19-17(15)18(22)23-10-24-19/h2-10H,1H3,(H2,22,23,24)(H2,25,26,27). The average molecular weight is 410 g/mol. The largest absolute Gasteiger partial charge is 0.383 e. The minimum atomic E-state index is -0.340. The Balaban J connectivity index is 1.57. The summed E-state index contributed by atoms with van der Waals surface area (Å²) in [6.07, 6.45) is 1.44. The Kier molecular flexibility index (Phi) is 4.85. The number of nitrogen functional groups attached to an aromatic ring is 1. The van der Waals surface area contributed by atoms with Gasteiger partial charge < -0.3 is 16.4 Å². The molecule has 2 aromatic heterocycles. The number of fused-ring (bicyclic) bond motifs is 1. The number of aryl methyl sites for hydroxylation is 1. The summed E-state index contributed by atoms with van der Waals surface area (Å²) < 4.78 is 0. The van der Waals surface area contributed by atoms with Crippen LogP contribution in [0.25, 0.3) is 21.3 Å². The van der Waals surface area contributed by atoms with Crippen LogP contribution < -0.4 is 16.4 Å². The number of thiophene rings is 1. The molecular weight excluding hydrogens is 394 g/mol. The Morgan fingerprint density at radius 2 is 1.86 bits per heavy atom. The van der Waals surface area contributed by atoms with Gasteiger partial charge in [-0.15, -0.1) is 11.3 Å². The Morgan fingerprint density at radius 1 is 1.07 bits per heavy atom. The molecule has 2 heterocycles. The van der Waals surface area contributed by atoms with Crippen LogP contribution in [0.5, 0.6) is 0 Å². The summed E-state index contributed by atoms with van der Waals surface area (Å²) in [7, 11) is 0. The number of rotatable bonds is 3. The zero-order valence-corrected chi connectivity index (χ0v) is 16.4. The van der Waals surface area contributed by atoms with Gasteiger partial charge >= 0.3 is 6.03 Å². The summed E-state index contributed by atoms with van der Waals surface area (Å²) in [5.74, 6) is 0.414. The minimum absolute atomic E-state index is 0.340. The van der Waals surface area contributed by atoms with Gasteiger partial charge in [0.2, 0.25) is 0 Å². The quantitative estimate of drug-likeness (QED) is 0.413. The third kappa shape index (κ3) is 3.62. The molecule has 2 aromatic carbocycles. The van der Waals surface area contributed by atoms with Crippen LogP contribution in [-0.2, 0) is 0 Å². The number of hydrogen-bond acceptors (Lipinski definition) is 5. The molecule has 140 valence electrons. The van der Waals surface area contributed by atoms with Gasteiger partial charge in [0.15, 0.2) is 0 Å². The van der Waals surface area contributed by atoms with Crippen molar-refractivity contribution in [2.24, 2.45) is 0 Å². The fourth-order valence-corrected chi connectivity index (χ4v) is 4.12. The van der Waals surface area contributed by atoms with Gasteiger partial charge in [-0.05, 0) is 36.8 Å². The van der Waals surface area contributed by atoms with Crippen molar-refractivity contribution in [1.82, 2.24) is 9.97 Å². The van der Waals surface area contributed by atoms with Crippen LogP contribution in [0.4, 0.5) is 22.0 Å². The SMILES string of the molecule is Cc1cccc(NC(=O)Nc2ccc(-c3csc4ncnc(N)c34)c(Cl)c2)c1. The predicted molar refractivity (Wildman–Crippen MR) is 116 cm³/mol. The Morgan fingerprint density at radius 3 is 2.61 bits per heavy atom. The first-order valence-electron chi connectivity index (χ1n) is 8.43. The second kappa shape index (κ2) is 7.46. The number of carbonyl (C=O) groups is 1. The van der Waals surface area contributed by atoms with E-state index in [0.29, 0.717) is 16.5 Å². The third-order valence-electron chi connectivity index (χ3n) is 4.19. The monoisotopic (exact) mass is 409 g/mol. The number of benzene rings is 2.